The predicted molar refractivity (Wildman–Crippen MR) is 73.2 cm³/mol. The number of hydrogen-bond acceptors (Lipinski definition) is 3. The number of pyridine rings is 1. The quantitative estimate of drug-likeness (QED) is 0.772. The number of aromatic nitrogens is 1. The normalized spacial score (nSPS) is 11.1. The summed E-state index contributed by atoms with van der Waals surface area (Å²) in [4.78, 5) is 17.8. The van der Waals surface area contributed by atoms with Gasteiger partial charge in [0.1, 0.15) is 0 Å². The Morgan fingerprint density at radius 1 is 1.50 bits per heavy atom. The molecule has 1 aromatic heterocycles. The molecule has 0 radical (unpaired) electrons. The van der Waals surface area contributed by atoms with Gasteiger partial charge in [-0.15, -0.1) is 0 Å². The van der Waals surface area contributed by atoms with Crippen LogP contribution >= 0.6 is 0 Å². The fourth-order valence-electron chi connectivity index (χ4n) is 1.55. The summed E-state index contributed by atoms with van der Waals surface area (Å²) in [5.41, 5.74) is 2.12. The molecule has 1 aromatic rings. The maximum absolute atomic E-state index is 11.6. The van der Waals surface area contributed by atoms with Crippen LogP contribution in [0.1, 0.15) is 18.2 Å². The SMILES string of the molecule is CCc1cccnc1CNC(=O)/C=C/CN(C)C. The summed E-state index contributed by atoms with van der Waals surface area (Å²) >= 11 is 0. The zero-order valence-electron chi connectivity index (χ0n) is 11.3. The van der Waals surface area contributed by atoms with Crippen molar-refractivity contribution in [2.75, 3.05) is 20.6 Å². The van der Waals surface area contributed by atoms with Gasteiger partial charge in [-0.3, -0.25) is 9.78 Å². The van der Waals surface area contributed by atoms with Gasteiger partial charge in [0.25, 0.3) is 0 Å². The van der Waals surface area contributed by atoms with Gasteiger partial charge >= 0.3 is 0 Å². The van der Waals surface area contributed by atoms with Crippen LogP contribution in [0, 0.1) is 0 Å². The van der Waals surface area contributed by atoms with Crippen molar-refractivity contribution in [3.05, 3.63) is 41.7 Å². The Labute approximate surface area is 109 Å². The molecule has 1 amide bonds. The summed E-state index contributed by atoms with van der Waals surface area (Å²) in [6.07, 6.45) is 6.08. The van der Waals surface area contributed by atoms with E-state index in [1.807, 2.05) is 37.2 Å². The van der Waals surface area contributed by atoms with E-state index in [0.717, 1.165) is 18.7 Å². The second kappa shape index (κ2) is 7.61. The predicted octanol–water partition coefficient (Wildman–Crippen LogP) is 1.38. The second-order valence-electron chi connectivity index (χ2n) is 4.35. The number of carbonyl (C=O) groups excluding carboxylic acids is 1. The molecule has 0 aliphatic heterocycles. The Hall–Kier alpha value is -1.68. The van der Waals surface area contributed by atoms with Crippen molar-refractivity contribution >= 4 is 5.91 Å². The van der Waals surface area contributed by atoms with Crippen LogP contribution in [0.25, 0.3) is 0 Å². The van der Waals surface area contributed by atoms with E-state index >= 15 is 0 Å². The third-order valence-electron chi connectivity index (χ3n) is 2.54. The molecule has 0 unspecified atom stereocenters. The highest BCUT2D eigenvalue weighted by Gasteiger charge is 2.02. The van der Waals surface area contributed by atoms with Crippen molar-refractivity contribution in [1.82, 2.24) is 15.2 Å². The Kier molecular flexibility index (Phi) is 6.08. The molecule has 4 nitrogen and oxygen atoms in total. The third-order valence-corrected chi connectivity index (χ3v) is 2.54. The second-order valence-corrected chi connectivity index (χ2v) is 4.35. The van der Waals surface area contributed by atoms with Crippen molar-refractivity contribution in [3.63, 3.8) is 0 Å². The molecule has 4 heteroatoms. The molecule has 0 atom stereocenters. The molecular weight excluding hydrogens is 226 g/mol. The van der Waals surface area contributed by atoms with Gasteiger partial charge in [0.15, 0.2) is 0 Å². The van der Waals surface area contributed by atoms with Gasteiger partial charge in [-0.25, -0.2) is 0 Å². The molecule has 0 aliphatic carbocycles. The first-order valence-corrected chi connectivity index (χ1v) is 6.15. The van der Waals surface area contributed by atoms with E-state index in [-0.39, 0.29) is 5.91 Å². The first-order chi connectivity index (χ1) is 8.63. The van der Waals surface area contributed by atoms with Crippen LogP contribution in [-0.4, -0.2) is 36.4 Å². The molecule has 1 rings (SSSR count). The van der Waals surface area contributed by atoms with Crippen LogP contribution in [0.5, 0.6) is 0 Å². The maximum Gasteiger partial charge on any atom is 0.244 e. The van der Waals surface area contributed by atoms with E-state index in [4.69, 9.17) is 0 Å². The third kappa shape index (κ3) is 5.10. The molecule has 1 heterocycles. The Bertz CT molecular complexity index is 413. The highest BCUT2D eigenvalue weighted by Crippen LogP contribution is 2.05. The molecule has 0 bridgehead atoms. The van der Waals surface area contributed by atoms with Crippen molar-refractivity contribution in [3.8, 4) is 0 Å². The molecule has 0 fully saturated rings. The number of aryl methyl sites for hydroxylation is 1. The number of nitrogens with one attached hydrogen (secondary N) is 1. The van der Waals surface area contributed by atoms with E-state index in [1.54, 1.807) is 12.3 Å². The average Bonchev–Trinajstić information content (AvgIpc) is 2.36. The van der Waals surface area contributed by atoms with Gasteiger partial charge in [0, 0.05) is 18.8 Å². The molecule has 1 N–H and O–H groups in total. The molecule has 0 spiro atoms. The zero-order valence-corrected chi connectivity index (χ0v) is 11.3. The number of hydrogen-bond donors (Lipinski definition) is 1. The lowest BCUT2D eigenvalue weighted by atomic mass is 10.1. The molecule has 0 aliphatic rings. The van der Waals surface area contributed by atoms with Crippen molar-refractivity contribution < 1.29 is 4.79 Å². The Morgan fingerprint density at radius 3 is 2.94 bits per heavy atom. The maximum atomic E-state index is 11.6. The van der Waals surface area contributed by atoms with Gasteiger partial charge in [0.05, 0.1) is 12.2 Å². The number of carbonyl (C=O) groups is 1. The van der Waals surface area contributed by atoms with E-state index in [2.05, 4.69) is 17.2 Å². The monoisotopic (exact) mass is 247 g/mol. The summed E-state index contributed by atoms with van der Waals surface area (Å²) < 4.78 is 0. The lowest BCUT2D eigenvalue weighted by molar-refractivity contribution is -0.116. The standard InChI is InChI=1S/C14H21N3O/c1-4-12-7-5-9-15-13(12)11-16-14(18)8-6-10-17(2)3/h5-9H,4,10-11H2,1-3H3,(H,16,18)/b8-6+. The molecule has 0 aromatic carbocycles. The first-order valence-electron chi connectivity index (χ1n) is 6.15. The van der Waals surface area contributed by atoms with E-state index in [1.165, 1.54) is 5.56 Å². The Morgan fingerprint density at radius 2 is 2.28 bits per heavy atom. The minimum absolute atomic E-state index is 0.0791. The van der Waals surface area contributed by atoms with Gasteiger partial charge in [-0.1, -0.05) is 19.1 Å². The van der Waals surface area contributed by atoms with E-state index in [9.17, 15) is 4.79 Å². The van der Waals surface area contributed by atoms with E-state index in [0.29, 0.717) is 6.54 Å². The highest BCUT2D eigenvalue weighted by molar-refractivity contribution is 5.87. The van der Waals surface area contributed by atoms with Gasteiger partial charge in [0.2, 0.25) is 5.91 Å². The van der Waals surface area contributed by atoms with Gasteiger partial charge in [-0.05, 0) is 32.1 Å². The lowest BCUT2D eigenvalue weighted by Crippen LogP contribution is -2.22. The van der Waals surface area contributed by atoms with Crippen molar-refractivity contribution in [1.29, 1.82) is 0 Å². The average molecular weight is 247 g/mol. The van der Waals surface area contributed by atoms with Crippen LogP contribution in [-0.2, 0) is 17.8 Å². The topological polar surface area (TPSA) is 45.2 Å². The first kappa shape index (κ1) is 14.4. The fourth-order valence-corrected chi connectivity index (χ4v) is 1.55. The fraction of sp³-hybridized carbons (Fsp3) is 0.429. The summed E-state index contributed by atoms with van der Waals surface area (Å²) in [5, 5.41) is 2.84. The highest BCUT2D eigenvalue weighted by atomic mass is 16.1. The summed E-state index contributed by atoms with van der Waals surface area (Å²) in [5.74, 6) is -0.0791. The molecular formula is C14H21N3O. The molecule has 0 saturated heterocycles. The van der Waals surface area contributed by atoms with E-state index < -0.39 is 0 Å². The van der Waals surface area contributed by atoms with Gasteiger partial charge in [-0.2, -0.15) is 0 Å². The molecule has 98 valence electrons. The number of amides is 1. The largest absolute Gasteiger partial charge is 0.347 e. The summed E-state index contributed by atoms with van der Waals surface area (Å²) in [7, 11) is 3.92. The van der Waals surface area contributed by atoms with Crippen LogP contribution < -0.4 is 5.32 Å². The number of rotatable bonds is 6. The molecule has 0 saturated carbocycles. The van der Waals surface area contributed by atoms with Gasteiger partial charge < -0.3 is 10.2 Å². The minimum atomic E-state index is -0.0791. The minimum Gasteiger partial charge on any atom is -0.347 e. The summed E-state index contributed by atoms with van der Waals surface area (Å²) in [6.45, 7) is 3.33. The smallest absolute Gasteiger partial charge is 0.244 e. The van der Waals surface area contributed by atoms with Crippen LogP contribution in [0.15, 0.2) is 30.5 Å². The van der Waals surface area contributed by atoms with Crippen molar-refractivity contribution in [2.45, 2.75) is 19.9 Å². The number of nitrogens with zero attached hydrogens (tertiary/aromatic N) is 2. The van der Waals surface area contributed by atoms with Crippen LogP contribution in [0.2, 0.25) is 0 Å². The van der Waals surface area contributed by atoms with Crippen molar-refractivity contribution in [2.24, 2.45) is 0 Å². The lowest BCUT2D eigenvalue weighted by Gasteiger charge is -2.07. The number of likely N-dealkylation sites (N-methyl/N-ethyl adjacent to an activating group) is 1. The Balaban J connectivity index is 2.45. The zero-order chi connectivity index (χ0) is 13.4. The summed E-state index contributed by atoms with van der Waals surface area (Å²) in [6, 6.07) is 3.96. The molecule has 18 heavy (non-hydrogen) atoms. The van der Waals surface area contributed by atoms with Crippen LogP contribution in [0.3, 0.4) is 0 Å². The van der Waals surface area contributed by atoms with Crippen LogP contribution in [0.4, 0.5) is 0 Å².